The quantitative estimate of drug-likeness (QED) is 0.425. The molecule has 0 N–H and O–H groups in total. The molecule has 1 aromatic carbocycles. The number of hydrogen-bond acceptors (Lipinski definition) is 2. The molecule has 0 saturated heterocycles. The average Bonchev–Trinajstić information content (AvgIpc) is 2.71. The van der Waals surface area contributed by atoms with E-state index in [9.17, 15) is 4.39 Å². The summed E-state index contributed by atoms with van der Waals surface area (Å²) in [6.07, 6.45) is 18.1. The molecule has 0 radical (unpaired) electrons. The molecule has 0 amide bonds. The van der Waals surface area contributed by atoms with Gasteiger partial charge in [-0.1, -0.05) is 70.8 Å². The van der Waals surface area contributed by atoms with Gasteiger partial charge in [-0.25, -0.2) is 14.4 Å². The van der Waals surface area contributed by atoms with E-state index in [1.54, 1.807) is 18.5 Å². The van der Waals surface area contributed by atoms with Gasteiger partial charge in [-0.2, -0.15) is 0 Å². The lowest BCUT2D eigenvalue weighted by Crippen LogP contribution is -2.15. The number of halogens is 1. The maximum absolute atomic E-state index is 14.5. The molecule has 0 unspecified atom stereocenters. The topological polar surface area (TPSA) is 25.8 Å². The first-order valence-corrected chi connectivity index (χ1v) is 11.2. The van der Waals surface area contributed by atoms with Crippen molar-refractivity contribution in [1.29, 1.82) is 0 Å². The molecule has 1 aliphatic carbocycles. The summed E-state index contributed by atoms with van der Waals surface area (Å²) < 4.78 is 14.5. The van der Waals surface area contributed by atoms with E-state index in [-0.39, 0.29) is 5.82 Å². The van der Waals surface area contributed by atoms with E-state index in [0.29, 0.717) is 11.4 Å². The van der Waals surface area contributed by atoms with Crippen molar-refractivity contribution < 1.29 is 4.39 Å². The van der Waals surface area contributed by atoms with Crippen LogP contribution in [0.15, 0.2) is 30.6 Å². The Bertz CT molecular complexity index is 718. The second-order valence-electron chi connectivity index (χ2n) is 8.67. The Morgan fingerprint density at radius 1 is 0.929 bits per heavy atom. The maximum Gasteiger partial charge on any atom is 0.162 e. The van der Waals surface area contributed by atoms with Crippen molar-refractivity contribution in [3.8, 4) is 11.4 Å². The first kappa shape index (κ1) is 21.0. The molecule has 0 aliphatic heterocycles. The van der Waals surface area contributed by atoms with E-state index in [2.05, 4.69) is 16.9 Å². The normalized spacial score (nSPS) is 19.7. The Kier molecular flexibility index (Phi) is 8.00. The Labute approximate surface area is 170 Å². The standard InChI is InChI=1S/C25H35FN2/c1-3-4-5-6-7-20-8-10-21(11-9-20)12-13-22-14-15-23(24(26)16-22)25-27-17-19(2)18-28-25/h14-18,20-21H,3-13H2,1-2H3/t20-,21-. The molecule has 1 heterocycles. The lowest BCUT2D eigenvalue weighted by atomic mass is 9.77. The van der Waals surface area contributed by atoms with Crippen molar-refractivity contribution in [2.24, 2.45) is 11.8 Å². The monoisotopic (exact) mass is 382 g/mol. The Morgan fingerprint density at radius 2 is 1.61 bits per heavy atom. The van der Waals surface area contributed by atoms with Crippen LogP contribution in [-0.4, -0.2) is 9.97 Å². The van der Waals surface area contributed by atoms with Gasteiger partial charge in [0.05, 0.1) is 5.56 Å². The van der Waals surface area contributed by atoms with Gasteiger partial charge in [-0.15, -0.1) is 0 Å². The van der Waals surface area contributed by atoms with Gasteiger partial charge in [-0.3, -0.25) is 0 Å². The van der Waals surface area contributed by atoms with E-state index in [1.165, 1.54) is 64.2 Å². The third-order valence-electron chi connectivity index (χ3n) is 6.33. The van der Waals surface area contributed by atoms with E-state index >= 15 is 0 Å². The number of nitrogens with zero attached hydrogens (tertiary/aromatic N) is 2. The summed E-state index contributed by atoms with van der Waals surface area (Å²) >= 11 is 0. The van der Waals surface area contributed by atoms with Gasteiger partial charge in [0.1, 0.15) is 5.82 Å². The van der Waals surface area contributed by atoms with Crippen molar-refractivity contribution in [2.75, 3.05) is 0 Å². The SMILES string of the molecule is CCCCCC[C@H]1CC[C@H](CCc2ccc(-c3ncc(C)cn3)c(F)c2)CC1. The van der Waals surface area contributed by atoms with Gasteiger partial charge in [0.25, 0.3) is 0 Å². The van der Waals surface area contributed by atoms with Gasteiger partial charge >= 0.3 is 0 Å². The third-order valence-corrected chi connectivity index (χ3v) is 6.33. The lowest BCUT2D eigenvalue weighted by Gasteiger charge is -2.28. The Hall–Kier alpha value is -1.77. The second-order valence-corrected chi connectivity index (χ2v) is 8.67. The highest BCUT2D eigenvalue weighted by atomic mass is 19.1. The van der Waals surface area contributed by atoms with Crippen LogP contribution in [0.5, 0.6) is 0 Å². The smallest absolute Gasteiger partial charge is 0.162 e. The van der Waals surface area contributed by atoms with Crippen LogP contribution in [0.25, 0.3) is 11.4 Å². The van der Waals surface area contributed by atoms with Gasteiger partial charge in [0.15, 0.2) is 5.82 Å². The van der Waals surface area contributed by atoms with Crippen molar-refractivity contribution in [3.63, 3.8) is 0 Å². The van der Waals surface area contributed by atoms with Crippen molar-refractivity contribution in [2.45, 2.75) is 84.5 Å². The Morgan fingerprint density at radius 3 is 2.25 bits per heavy atom. The largest absolute Gasteiger partial charge is 0.236 e. The van der Waals surface area contributed by atoms with Crippen LogP contribution >= 0.6 is 0 Å². The number of aromatic nitrogens is 2. The van der Waals surface area contributed by atoms with E-state index in [4.69, 9.17) is 0 Å². The lowest BCUT2D eigenvalue weighted by molar-refractivity contribution is 0.249. The first-order valence-electron chi connectivity index (χ1n) is 11.2. The molecule has 3 rings (SSSR count). The highest BCUT2D eigenvalue weighted by Crippen LogP contribution is 2.34. The molecule has 28 heavy (non-hydrogen) atoms. The zero-order valence-electron chi connectivity index (χ0n) is 17.6. The molecule has 0 atom stereocenters. The fourth-order valence-corrected chi connectivity index (χ4v) is 4.47. The van der Waals surface area contributed by atoms with Crippen LogP contribution in [0.1, 0.15) is 82.3 Å². The summed E-state index contributed by atoms with van der Waals surface area (Å²) in [6, 6.07) is 5.56. The summed E-state index contributed by atoms with van der Waals surface area (Å²) in [4.78, 5) is 8.49. The molecule has 152 valence electrons. The number of rotatable bonds is 9. The van der Waals surface area contributed by atoms with Gasteiger partial charge < -0.3 is 0 Å². The van der Waals surface area contributed by atoms with Crippen LogP contribution < -0.4 is 0 Å². The third kappa shape index (κ3) is 6.12. The molecular weight excluding hydrogens is 347 g/mol. The Balaban J connectivity index is 1.44. The predicted octanol–water partition coefficient (Wildman–Crippen LogP) is 7.30. The molecule has 0 spiro atoms. The fraction of sp³-hybridized carbons (Fsp3) is 0.600. The zero-order chi connectivity index (χ0) is 19.8. The molecule has 1 aliphatic rings. The minimum atomic E-state index is -0.211. The van der Waals surface area contributed by atoms with Gasteiger partial charge in [-0.05, 0) is 54.9 Å². The molecule has 2 nitrogen and oxygen atoms in total. The number of aryl methyl sites for hydroxylation is 2. The highest BCUT2D eigenvalue weighted by Gasteiger charge is 2.20. The molecule has 1 fully saturated rings. The van der Waals surface area contributed by atoms with Gasteiger partial charge in [0.2, 0.25) is 0 Å². The molecule has 1 aromatic heterocycles. The van der Waals surface area contributed by atoms with E-state index < -0.39 is 0 Å². The zero-order valence-corrected chi connectivity index (χ0v) is 17.6. The molecule has 1 saturated carbocycles. The maximum atomic E-state index is 14.5. The summed E-state index contributed by atoms with van der Waals surface area (Å²) in [5, 5.41) is 0. The number of unbranched alkanes of at least 4 members (excludes halogenated alkanes) is 3. The summed E-state index contributed by atoms with van der Waals surface area (Å²) in [6.45, 7) is 4.21. The fourth-order valence-electron chi connectivity index (χ4n) is 4.47. The molecule has 3 heteroatoms. The second kappa shape index (κ2) is 10.7. The van der Waals surface area contributed by atoms with Crippen LogP contribution in [0.3, 0.4) is 0 Å². The predicted molar refractivity (Wildman–Crippen MR) is 115 cm³/mol. The van der Waals surface area contributed by atoms with Crippen molar-refractivity contribution in [3.05, 3.63) is 47.5 Å². The van der Waals surface area contributed by atoms with Gasteiger partial charge in [0, 0.05) is 12.4 Å². The van der Waals surface area contributed by atoms with Crippen LogP contribution in [0.4, 0.5) is 4.39 Å². The molecule has 2 aromatic rings. The van der Waals surface area contributed by atoms with Crippen molar-refractivity contribution in [1.82, 2.24) is 9.97 Å². The summed E-state index contributed by atoms with van der Waals surface area (Å²) in [5.41, 5.74) is 2.57. The van der Waals surface area contributed by atoms with Crippen LogP contribution in [0.2, 0.25) is 0 Å². The van der Waals surface area contributed by atoms with E-state index in [0.717, 1.165) is 29.4 Å². The van der Waals surface area contributed by atoms with E-state index in [1.807, 2.05) is 19.1 Å². The van der Waals surface area contributed by atoms with Crippen LogP contribution in [0, 0.1) is 24.6 Å². The van der Waals surface area contributed by atoms with Crippen LogP contribution in [-0.2, 0) is 6.42 Å². The number of hydrogen-bond donors (Lipinski definition) is 0. The summed E-state index contributed by atoms with van der Waals surface area (Å²) in [7, 11) is 0. The molecular formula is C25H35FN2. The highest BCUT2D eigenvalue weighted by molar-refractivity contribution is 5.56. The summed E-state index contributed by atoms with van der Waals surface area (Å²) in [5.74, 6) is 2.03. The first-order chi connectivity index (χ1) is 13.7. The number of benzene rings is 1. The minimum Gasteiger partial charge on any atom is -0.236 e. The molecule has 0 bridgehead atoms. The van der Waals surface area contributed by atoms with Crippen molar-refractivity contribution >= 4 is 0 Å². The average molecular weight is 383 g/mol. The minimum absolute atomic E-state index is 0.211.